The van der Waals surface area contributed by atoms with Crippen molar-refractivity contribution in [2.45, 2.75) is 96.8 Å². The van der Waals surface area contributed by atoms with Gasteiger partial charge in [0, 0.05) is 0 Å². The average Bonchev–Trinajstić information content (AvgIpc) is 2.56. The van der Waals surface area contributed by atoms with Crippen LogP contribution >= 0.6 is 0 Å². The molecule has 0 aromatic heterocycles. The number of hydrogen-bond donors (Lipinski definition) is 1. The molecule has 0 radical (unpaired) electrons. The molecule has 0 bridgehead atoms. The summed E-state index contributed by atoms with van der Waals surface area (Å²) in [5, 5.41) is 0. The largest absolute Gasteiger partial charge is 0.305 e. The van der Waals surface area contributed by atoms with E-state index in [1.807, 2.05) is 0 Å². The van der Waals surface area contributed by atoms with E-state index in [4.69, 9.17) is 5.90 Å². The molecule has 0 heterocycles. The predicted octanol–water partition coefficient (Wildman–Crippen LogP) is 6.72. The van der Waals surface area contributed by atoms with Gasteiger partial charge < -0.3 is 4.84 Å². The number of hydrogen-bond acceptors (Lipinski definition) is 2. The Balaban J connectivity index is 0. The molecule has 2 N–H and O–H groups in total. The fraction of sp³-hybridized carbons (Fsp3) is 0.800. The lowest BCUT2D eigenvalue weighted by molar-refractivity contribution is 0.133. The Morgan fingerprint density at radius 1 is 0.682 bits per heavy atom. The molecule has 132 valence electrons. The normalized spacial score (nSPS) is 10.6. The highest BCUT2D eigenvalue weighted by Gasteiger charge is 1.91. The van der Waals surface area contributed by atoms with Gasteiger partial charge in [0.2, 0.25) is 0 Å². The number of allylic oxidation sites excluding steroid dienone is 2. The summed E-state index contributed by atoms with van der Waals surface area (Å²) >= 11 is 0. The van der Waals surface area contributed by atoms with E-state index in [1.165, 1.54) is 83.5 Å². The Morgan fingerprint density at radius 2 is 1.09 bits per heavy atom. The molecule has 2 heteroatoms. The zero-order chi connectivity index (χ0) is 16.7. The molecular formula is C20H41NO. The van der Waals surface area contributed by atoms with Gasteiger partial charge in [-0.2, -0.15) is 0 Å². The van der Waals surface area contributed by atoms with Gasteiger partial charge >= 0.3 is 0 Å². The van der Waals surface area contributed by atoms with Crippen LogP contribution in [0.25, 0.3) is 0 Å². The van der Waals surface area contributed by atoms with Crippen LogP contribution < -0.4 is 5.90 Å². The predicted molar refractivity (Wildman–Crippen MR) is 101 cm³/mol. The molecule has 0 saturated heterocycles. The van der Waals surface area contributed by atoms with E-state index in [2.05, 4.69) is 37.1 Å². The first-order valence-corrected chi connectivity index (χ1v) is 9.38. The van der Waals surface area contributed by atoms with Crippen molar-refractivity contribution in [3.05, 3.63) is 25.3 Å². The van der Waals surface area contributed by atoms with Crippen molar-refractivity contribution in [2.75, 3.05) is 6.61 Å². The molecule has 0 aromatic rings. The Kier molecular flexibility index (Phi) is 27.3. The minimum Gasteiger partial charge on any atom is -0.305 e. The summed E-state index contributed by atoms with van der Waals surface area (Å²) in [6.07, 6.45) is 23.5. The molecule has 0 unspecified atom stereocenters. The van der Waals surface area contributed by atoms with Gasteiger partial charge in [-0.15, -0.1) is 13.2 Å². The molecule has 0 rings (SSSR count). The highest BCUT2D eigenvalue weighted by molar-refractivity contribution is 4.81. The lowest BCUT2D eigenvalue weighted by atomic mass is 10.1. The number of rotatable bonds is 16. The van der Waals surface area contributed by atoms with Crippen molar-refractivity contribution in [2.24, 2.45) is 5.90 Å². The molecule has 0 saturated carbocycles. The van der Waals surface area contributed by atoms with Gasteiger partial charge in [0.15, 0.2) is 0 Å². The second kappa shape index (κ2) is 25.4. The molecule has 0 fully saturated rings. The Bertz CT molecular complexity index is 204. The van der Waals surface area contributed by atoms with Crippen LogP contribution in [-0.2, 0) is 4.84 Å². The third kappa shape index (κ3) is 24.4. The summed E-state index contributed by atoms with van der Waals surface area (Å²) in [5.74, 6) is 4.98. The molecule has 0 aliphatic rings. The molecule has 0 spiro atoms. The van der Waals surface area contributed by atoms with Crippen molar-refractivity contribution < 1.29 is 4.84 Å². The minimum atomic E-state index is 0.710. The molecule has 0 atom stereocenters. The molecule has 0 amide bonds. The van der Waals surface area contributed by atoms with Crippen LogP contribution in [0.4, 0.5) is 0 Å². The third-order valence-electron chi connectivity index (χ3n) is 3.77. The van der Waals surface area contributed by atoms with Crippen LogP contribution in [0.5, 0.6) is 0 Å². The molecule has 0 aliphatic carbocycles. The zero-order valence-electron chi connectivity index (χ0n) is 15.2. The highest BCUT2D eigenvalue weighted by atomic mass is 16.6. The summed E-state index contributed by atoms with van der Waals surface area (Å²) in [6.45, 7) is 8.98. The van der Waals surface area contributed by atoms with Crippen LogP contribution in [0.1, 0.15) is 96.8 Å². The minimum absolute atomic E-state index is 0.710. The molecular weight excluding hydrogens is 270 g/mol. The molecule has 2 nitrogen and oxygen atoms in total. The first-order valence-electron chi connectivity index (χ1n) is 9.38. The van der Waals surface area contributed by atoms with Gasteiger partial charge in [-0.05, 0) is 32.1 Å². The van der Waals surface area contributed by atoms with Crippen molar-refractivity contribution in [1.82, 2.24) is 0 Å². The van der Waals surface area contributed by atoms with E-state index >= 15 is 0 Å². The van der Waals surface area contributed by atoms with Gasteiger partial charge in [-0.1, -0.05) is 76.9 Å². The molecule has 0 aromatic carbocycles. The first-order chi connectivity index (χ1) is 10.9. The summed E-state index contributed by atoms with van der Waals surface area (Å²) in [7, 11) is 0. The maximum absolute atomic E-state index is 4.98. The summed E-state index contributed by atoms with van der Waals surface area (Å²) in [4.78, 5) is 4.55. The zero-order valence-corrected chi connectivity index (χ0v) is 15.2. The van der Waals surface area contributed by atoms with Crippen molar-refractivity contribution >= 4 is 0 Å². The van der Waals surface area contributed by atoms with Gasteiger partial charge in [-0.3, -0.25) is 0 Å². The van der Waals surface area contributed by atoms with Crippen LogP contribution in [-0.4, -0.2) is 6.61 Å². The van der Waals surface area contributed by atoms with Crippen LogP contribution in [0, 0.1) is 0 Å². The number of unbranched alkanes of at least 4 members (excludes halogenated alkanes) is 12. The van der Waals surface area contributed by atoms with Crippen LogP contribution in [0.3, 0.4) is 0 Å². The maximum Gasteiger partial charge on any atom is 0.0679 e. The SMILES string of the molecule is C=C.CCCCCCCCC=CCCCCCCCCON. The fourth-order valence-electron chi connectivity index (χ4n) is 2.43. The summed E-state index contributed by atoms with van der Waals surface area (Å²) in [5.41, 5.74) is 0. The highest BCUT2D eigenvalue weighted by Crippen LogP contribution is 2.09. The monoisotopic (exact) mass is 311 g/mol. The van der Waals surface area contributed by atoms with E-state index < -0.39 is 0 Å². The number of nitrogens with two attached hydrogens (primary N) is 1. The van der Waals surface area contributed by atoms with E-state index in [-0.39, 0.29) is 0 Å². The molecule has 22 heavy (non-hydrogen) atoms. The van der Waals surface area contributed by atoms with Gasteiger partial charge in [0.1, 0.15) is 0 Å². The first kappa shape index (κ1) is 23.7. The Morgan fingerprint density at radius 3 is 1.55 bits per heavy atom. The smallest absolute Gasteiger partial charge is 0.0679 e. The van der Waals surface area contributed by atoms with Crippen LogP contribution in [0.2, 0.25) is 0 Å². The average molecular weight is 312 g/mol. The second-order valence-electron chi connectivity index (χ2n) is 5.81. The molecule has 0 aliphatic heterocycles. The lowest BCUT2D eigenvalue weighted by Gasteiger charge is -2.00. The quantitative estimate of drug-likeness (QED) is 0.195. The van der Waals surface area contributed by atoms with E-state index in [1.54, 1.807) is 0 Å². The summed E-state index contributed by atoms with van der Waals surface area (Å²) in [6, 6.07) is 0. The topological polar surface area (TPSA) is 35.2 Å². The van der Waals surface area contributed by atoms with E-state index in [0.717, 1.165) is 6.42 Å². The Labute approximate surface area is 140 Å². The second-order valence-corrected chi connectivity index (χ2v) is 5.81. The van der Waals surface area contributed by atoms with Crippen LogP contribution in [0.15, 0.2) is 25.3 Å². The lowest BCUT2D eigenvalue weighted by Crippen LogP contribution is -2.00. The van der Waals surface area contributed by atoms with Crippen molar-refractivity contribution in [3.63, 3.8) is 0 Å². The standard InChI is InChI=1S/C18H37NO.C2H4/c1-2-3-4-5-6-7-8-9-10-11-12-13-14-15-16-17-18-20-19;1-2/h9-10H,2-8,11-19H2,1H3;1-2H2. The van der Waals surface area contributed by atoms with E-state index in [9.17, 15) is 0 Å². The Hall–Kier alpha value is -0.600. The fourth-order valence-corrected chi connectivity index (χ4v) is 2.43. The van der Waals surface area contributed by atoms with Crippen molar-refractivity contribution in [3.8, 4) is 0 Å². The van der Waals surface area contributed by atoms with Gasteiger partial charge in [0.25, 0.3) is 0 Å². The van der Waals surface area contributed by atoms with Gasteiger partial charge in [0.05, 0.1) is 6.61 Å². The third-order valence-corrected chi connectivity index (χ3v) is 3.77. The van der Waals surface area contributed by atoms with Crippen molar-refractivity contribution in [1.29, 1.82) is 0 Å². The summed E-state index contributed by atoms with van der Waals surface area (Å²) < 4.78 is 0. The maximum atomic E-state index is 4.98. The van der Waals surface area contributed by atoms with E-state index in [0.29, 0.717) is 6.61 Å². The van der Waals surface area contributed by atoms with Gasteiger partial charge in [-0.25, -0.2) is 5.90 Å².